The van der Waals surface area contributed by atoms with Gasteiger partial charge in [0.15, 0.2) is 6.61 Å². The van der Waals surface area contributed by atoms with E-state index in [9.17, 15) is 9.18 Å². The van der Waals surface area contributed by atoms with Crippen LogP contribution in [0, 0.1) is 12.7 Å². The maximum atomic E-state index is 12.7. The summed E-state index contributed by atoms with van der Waals surface area (Å²) in [6.07, 6.45) is 1.39. The average Bonchev–Trinajstić information content (AvgIpc) is 2.84. The van der Waals surface area contributed by atoms with Gasteiger partial charge in [-0.3, -0.25) is 4.79 Å². The number of amides is 1. The van der Waals surface area contributed by atoms with Crippen molar-refractivity contribution in [2.75, 3.05) is 6.61 Å². The number of nitrogens with one attached hydrogen (secondary N) is 1. The van der Waals surface area contributed by atoms with Crippen molar-refractivity contribution < 1.29 is 18.3 Å². The Morgan fingerprint density at radius 2 is 2.10 bits per heavy atom. The van der Waals surface area contributed by atoms with Crippen LogP contribution in [0.2, 0.25) is 0 Å². The first-order chi connectivity index (χ1) is 9.63. The highest BCUT2D eigenvalue weighted by Crippen LogP contribution is 2.10. The normalized spacial score (nSPS) is 10.7. The highest BCUT2D eigenvalue weighted by molar-refractivity contribution is 5.81. The molecule has 0 unspecified atom stereocenters. The molecule has 2 rings (SSSR count). The summed E-state index contributed by atoms with van der Waals surface area (Å²) >= 11 is 0. The van der Waals surface area contributed by atoms with Gasteiger partial charge >= 0.3 is 0 Å². The first kappa shape index (κ1) is 13.8. The number of carbonyl (C=O) groups is 1. The Bertz CT molecular complexity index is 605. The van der Waals surface area contributed by atoms with Crippen LogP contribution in [0.3, 0.4) is 0 Å². The van der Waals surface area contributed by atoms with Crippen LogP contribution in [0.1, 0.15) is 11.5 Å². The van der Waals surface area contributed by atoms with Crippen LogP contribution in [-0.4, -0.2) is 18.7 Å². The molecule has 2 aromatic rings. The molecule has 0 radical (unpaired) electrons. The molecule has 20 heavy (non-hydrogen) atoms. The van der Waals surface area contributed by atoms with Crippen molar-refractivity contribution in [1.82, 2.24) is 5.43 Å². The Labute approximate surface area is 115 Å². The van der Waals surface area contributed by atoms with Crippen molar-refractivity contribution >= 4 is 12.1 Å². The van der Waals surface area contributed by atoms with E-state index in [1.165, 1.54) is 30.5 Å². The molecule has 1 amide bonds. The van der Waals surface area contributed by atoms with Crippen LogP contribution in [0.25, 0.3) is 0 Å². The molecule has 1 aromatic heterocycles. The molecule has 0 aliphatic heterocycles. The zero-order valence-electron chi connectivity index (χ0n) is 10.8. The van der Waals surface area contributed by atoms with Gasteiger partial charge in [0.1, 0.15) is 23.1 Å². The van der Waals surface area contributed by atoms with E-state index in [0.29, 0.717) is 11.5 Å². The van der Waals surface area contributed by atoms with Crippen LogP contribution >= 0.6 is 0 Å². The second-order valence-corrected chi connectivity index (χ2v) is 3.98. The van der Waals surface area contributed by atoms with Crippen molar-refractivity contribution in [3.05, 3.63) is 53.7 Å². The number of carbonyl (C=O) groups excluding carboxylic acids is 1. The molecule has 1 aromatic carbocycles. The predicted octanol–water partition coefficient (Wildman–Crippen LogP) is 2.26. The van der Waals surface area contributed by atoms with Crippen molar-refractivity contribution in [1.29, 1.82) is 0 Å². The van der Waals surface area contributed by atoms with E-state index in [0.717, 1.165) is 5.76 Å². The first-order valence-electron chi connectivity index (χ1n) is 5.90. The van der Waals surface area contributed by atoms with Crippen LogP contribution < -0.4 is 10.2 Å². The van der Waals surface area contributed by atoms with E-state index in [1.54, 1.807) is 12.1 Å². The van der Waals surface area contributed by atoms with E-state index < -0.39 is 5.91 Å². The van der Waals surface area contributed by atoms with Crippen LogP contribution in [0.4, 0.5) is 4.39 Å². The third-order valence-corrected chi connectivity index (χ3v) is 2.33. The topological polar surface area (TPSA) is 63.8 Å². The van der Waals surface area contributed by atoms with Gasteiger partial charge in [0.05, 0.1) is 6.21 Å². The number of hydrazone groups is 1. The summed E-state index contributed by atoms with van der Waals surface area (Å²) in [5, 5.41) is 3.72. The maximum absolute atomic E-state index is 12.7. The number of halogens is 1. The summed E-state index contributed by atoms with van der Waals surface area (Å²) in [6, 6.07) is 8.92. The quantitative estimate of drug-likeness (QED) is 0.673. The van der Waals surface area contributed by atoms with E-state index >= 15 is 0 Å². The molecule has 5 nitrogen and oxygen atoms in total. The van der Waals surface area contributed by atoms with Gasteiger partial charge in [-0.05, 0) is 43.3 Å². The number of benzene rings is 1. The minimum absolute atomic E-state index is 0.208. The van der Waals surface area contributed by atoms with Gasteiger partial charge < -0.3 is 9.15 Å². The Hall–Kier alpha value is -2.63. The second kappa shape index (κ2) is 6.51. The van der Waals surface area contributed by atoms with Gasteiger partial charge in [-0.2, -0.15) is 5.10 Å². The third-order valence-electron chi connectivity index (χ3n) is 2.33. The van der Waals surface area contributed by atoms with Crippen molar-refractivity contribution in [2.45, 2.75) is 6.92 Å². The summed E-state index contributed by atoms with van der Waals surface area (Å²) in [5.74, 6) is 0.931. The highest BCUT2D eigenvalue weighted by atomic mass is 19.1. The molecular weight excluding hydrogens is 263 g/mol. The minimum atomic E-state index is -0.422. The van der Waals surface area contributed by atoms with E-state index in [1.807, 2.05) is 6.92 Å². The molecule has 0 aliphatic rings. The summed E-state index contributed by atoms with van der Waals surface area (Å²) in [7, 11) is 0. The van der Waals surface area contributed by atoms with E-state index in [-0.39, 0.29) is 12.4 Å². The number of hydrogen-bond donors (Lipinski definition) is 1. The molecule has 1 N–H and O–H groups in total. The van der Waals surface area contributed by atoms with Crippen LogP contribution in [0.5, 0.6) is 5.75 Å². The van der Waals surface area contributed by atoms with Crippen molar-refractivity contribution in [2.24, 2.45) is 5.10 Å². The Balaban J connectivity index is 1.75. The summed E-state index contributed by atoms with van der Waals surface area (Å²) in [5.41, 5.74) is 2.29. The van der Waals surface area contributed by atoms with Gasteiger partial charge in [0.25, 0.3) is 5.91 Å². The standard InChI is InChI=1S/C14H13FN2O3/c1-10-2-5-13(20-10)8-16-17-14(18)9-19-12-6-3-11(15)4-7-12/h2-8H,9H2,1H3,(H,17,18)/b16-8+. The molecule has 0 bridgehead atoms. The summed E-state index contributed by atoms with van der Waals surface area (Å²) in [4.78, 5) is 11.4. The minimum Gasteiger partial charge on any atom is -0.484 e. The maximum Gasteiger partial charge on any atom is 0.277 e. The SMILES string of the molecule is Cc1ccc(/C=N/NC(=O)COc2ccc(F)cc2)o1. The zero-order valence-corrected chi connectivity index (χ0v) is 10.8. The fraction of sp³-hybridized carbons (Fsp3) is 0.143. The second-order valence-electron chi connectivity index (χ2n) is 3.98. The van der Waals surface area contributed by atoms with Gasteiger partial charge in [-0.25, -0.2) is 9.82 Å². The fourth-order valence-corrected chi connectivity index (χ4v) is 1.40. The molecule has 0 atom stereocenters. The molecule has 0 saturated heterocycles. The lowest BCUT2D eigenvalue weighted by Crippen LogP contribution is -2.24. The number of ether oxygens (including phenoxy) is 1. The lowest BCUT2D eigenvalue weighted by Gasteiger charge is -2.04. The average molecular weight is 276 g/mol. The molecule has 0 saturated carbocycles. The Morgan fingerprint density at radius 1 is 1.35 bits per heavy atom. The first-order valence-corrected chi connectivity index (χ1v) is 5.90. The largest absolute Gasteiger partial charge is 0.484 e. The lowest BCUT2D eigenvalue weighted by molar-refractivity contribution is -0.123. The van der Waals surface area contributed by atoms with Crippen LogP contribution in [-0.2, 0) is 4.79 Å². The van der Waals surface area contributed by atoms with Crippen LogP contribution in [0.15, 0.2) is 45.9 Å². The van der Waals surface area contributed by atoms with Crippen molar-refractivity contribution in [3.8, 4) is 5.75 Å². The number of aryl methyl sites for hydroxylation is 1. The van der Waals surface area contributed by atoms with Crippen molar-refractivity contribution in [3.63, 3.8) is 0 Å². The van der Waals surface area contributed by atoms with Gasteiger partial charge in [-0.15, -0.1) is 0 Å². The predicted molar refractivity (Wildman–Crippen MR) is 71.1 cm³/mol. The highest BCUT2D eigenvalue weighted by Gasteiger charge is 2.01. The summed E-state index contributed by atoms with van der Waals surface area (Å²) < 4.78 is 23.0. The van der Waals surface area contributed by atoms with Gasteiger partial charge in [0, 0.05) is 0 Å². The molecule has 6 heteroatoms. The molecular formula is C14H13FN2O3. The molecule has 104 valence electrons. The number of hydrogen-bond acceptors (Lipinski definition) is 4. The molecule has 0 aliphatic carbocycles. The fourth-order valence-electron chi connectivity index (χ4n) is 1.40. The molecule has 1 heterocycles. The monoisotopic (exact) mass is 276 g/mol. The Morgan fingerprint density at radius 3 is 2.75 bits per heavy atom. The van der Waals surface area contributed by atoms with E-state index in [2.05, 4.69) is 10.5 Å². The molecule has 0 spiro atoms. The van der Waals surface area contributed by atoms with Gasteiger partial charge in [-0.1, -0.05) is 0 Å². The Kier molecular flexibility index (Phi) is 4.49. The zero-order chi connectivity index (χ0) is 14.4. The molecule has 0 fully saturated rings. The third kappa shape index (κ3) is 4.24. The summed E-state index contributed by atoms with van der Waals surface area (Å²) in [6.45, 7) is 1.60. The number of rotatable bonds is 5. The number of nitrogens with zero attached hydrogens (tertiary/aromatic N) is 1. The van der Waals surface area contributed by atoms with E-state index in [4.69, 9.17) is 9.15 Å². The number of furan rings is 1. The van der Waals surface area contributed by atoms with Gasteiger partial charge in [0.2, 0.25) is 0 Å². The lowest BCUT2D eigenvalue weighted by atomic mass is 10.3. The smallest absolute Gasteiger partial charge is 0.277 e.